The van der Waals surface area contributed by atoms with Crippen molar-refractivity contribution >= 4 is 27.5 Å². The second-order valence-electron chi connectivity index (χ2n) is 6.42. The van der Waals surface area contributed by atoms with E-state index in [0.717, 1.165) is 40.5 Å². The summed E-state index contributed by atoms with van der Waals surface area (Å²) in [7, 11) is 0. The smallest absolute Gasteiger partial charge is 0.263 e. The highest BCUT2D eigenvalue weighted by Gasteiger charge is 2.22. The highest BCUT2D eigenvalue weighted by Crippen LogP contribution is 2.28. The first-order valence-electron chi connectivity index (χ1n) is 9.09. The third-order valence-electron chi connectivity index (χ3n) is 4.62. The number of aryl methyl sites for hydroxylation is 4. The Hall–Kier alpha value is -1.88. The van der Waals surface area contributed by atoms with Crippen LogP contribution in [0.4, 0.5) is 5.69 Å². The Labute approximate surface area is 163 Å². The number of carbonyl (C=O) groups excluding carboxylic acids is 1. The number of amides is 1. The van der Waals surface area contributed by atoms with Gasteiger partial charge in [0.1, 0.15) is 17.1 Å². The molecule has 1 N–H and O–H groups in total. The van der Waals surface area contributed by atoms with Crippen molar-refractivity contribution in [2.75, 3.05) is 5.32 Å². The van der Waals surface area contributed by atoms with Crippen molar-refractivity contribution in [1.29, 1.82) is 0 Å². The molecule has 1 aromatic heterocycles. The van der Waals surface area contributed by atoms with Gasteiger partial charge in [-0.3, -0.25) is 9.59 Å². The molecule has 0 fully saturated rings. The largest absolute Gasteiger partial charge is 0.465 e. The molecule has 0 saturated heterocycles. The van der Waals surface area contributed by atoms with E-state index in [-0.39, 0.29) is 11.0 Å². The van der Waals surface area contributed by atoms with Crippen LogP contribution in [0.1, 0.15) is 65.8 Å². The normalized spacial score (nSPS) is 10.8. The Morgan fingerprint density at radius 3 is 2.19 bits per heavy atom. The standard InChI is InChI=1S/C21H26BrNO3/c1-6-9-17-18(20(24)12(4)13(5)26-17)21(25)23-19-14(7-2)10-16(22)11-15(19)8-3/h10-11H,6-9H2,1-5H3,(H,23,25). The zero-order chi connectivity index (χ0) is 19.4. The second kappa shape index (κ2) is 8.67. The zero-order valence-electron chi connectivity index (χ0n) is 16.1. The molecule has 1 aromatic carbocycles. The maximum absolute atomic E-state index is 13.0. The Balaban J connectivity index is 2.56. The van der Waals surface area contributed by atoms with Crippen LogP contribution in [0.25, 0.3) is 0 Å². The average molecular weight is 420 g/mol. The van der Waals surface area contributed by atoms with Crippen molar-refractivity contribution in [1.82, 2.24) is 0 Å². The van der Waals surface area contributed by atoms with Crippen LogP contribution in [0.3, 0.4) is 0 Å². The van der Waals surface area contributed by atoms with Crippen LogP contribution >= 0.6 is 15.9 Å². The summed E-state index contributed by atoms with van der Waals surface area (Å²) in [5.41, 5.74) is 3.23. The van der Waals surface area contributed by atoms with Gasteiger partial charge in [0.15, 0.2) is 0 Å². The molecule has 1 amide bonds. The van der Waals surface area contributed by atoms with Crippen LogP contribution in [-0.4, -0.2) is 5.91 Å². The summed E-state index contributed by atoms with van der Waals surface area (Å²) in [5, 5.41) is 2.99. The predicted octanol–water partition coefficient (Wildman–Crippen LogP) is 5.35. The summed E-state index contributed by atoms with van der Waals surface area (Å²) >= 11 is 3.52. The van der Waals surface area contributed by atoms with Crippen molar-refractivity contribution in [3.63, 3.8) is 0 Å². The molecule has 0 radical (unpaired) electrons. The third kappa shape index (κ3) is 4.09. The van der Waals surface area contributed by atoms with E-state index in [0.29, 0.717) is 23.5 Å². The fourth-order valence-corrected chi connectivity index (χ4v) is 3.59. The Morgan fingerprint density at radius 2 is 1.69 bits per heavy atom. The Morgan fingerprint density at radius 1 is 1.12 bits per heavy atom. The molecule has 26 heavy (non-hydrogen) atoms. The van der Waals surface area contributed by atoms with Crippen LogP contribution in [0.2, 0.25) is 0 Å². The number of rotatable bonds is 6. The van der Waals surface area contributed by atoms with E-state index in [4.69, 9.17) is 4.42 Å². The first kappa shape index (κ1) is 20.4. The van der Waals surface area contributed by atoms with Gasteiger partial charge in [-0.15, -0.1) is 0 Å². The van der Waals surface area contributed by atoms with E-state index in [1.54, 1.807) is 13.8 Å². The van der Waals surface area contributed by atoms with Gasteiger partial charge in [0.25, 0.3) is 5.91 Å². The van der Waals surface area contributed by atoms with E-state index >= 15 is 0 Å². The molecule has 5 heteroatoms. The first-order valence-corrected chi connectivity index (χ1v) is 9.89. The van der Waals surface area contributed by atoms with E-state index in [1.807, 2.05) is 32.9 Å². The number of hydrogen-bond acceptors (Lipinski definition) is 3. The minimum absolute atomic E-state index is 0.127. The Bertz CT molecular complexity index is 859. The molecule has 0 unspecified atom stereocenters. The molecule has 0 aliphatic heterocycles. The number of benzene rings is 1. The van der Waals surface area contributed by atoms with Gasteiger partial charge < -0.3 is 9.73 Å². The van der Waals surface area contributed by atoms with Crippen LogP contribution in [0.5, 0.6) is 0 Å². The number of hydrogen-bond donors (Lipinski definition) is 1. The van der Waals surface area contributed by atoms with Gasteiger partial charge in [-0.2, -0.15) is 0 Å². The van der Waals surface area contributed by atoms with Crippen LogP contribution in [0.15, 0.2) is 25.8 Å². The molecular formula is C21H26BrNO3. The van der Waals surface area contributed by atoms with E-state index in [9.17, 15) is 9.59 Å². The average Bonchev–Trinajstić information content (AvgIpc) is 2.61. The van der Waals surface area contributed by atoms with Crippen molar-refractivity contribution < 1.29 is 9.21 Å². The topological polar surface area (TPSA) is 59.3 Å². The lowest BCUT2D eigenvalue weighted by Crippen LogP contribution is -2.26. The zero-order valence-corrected chi connectivity index (χ0v) is 17.7. The van der Waals surface area contributed by atoms with Gasteiger partial charge in [-0.05, 0) is 56.4 Å². The lowest BCUT2D eigenvalue weighted by molar-refractivity contribution is 0.102. The first-order chi connectivity index (χ1) is 12.3. The molecule has 1 heterocycles. The molecule has 2 aromatic rings. The number of nitrogens with one attached hydrogen (secondary N) is 1. The van der Waals surface area contributed by atoms with Gasteiger partial charge >= 0.3 is 0 Å². The van der Waals surface area contributed by atoms with Gasteiger partial charge in [0, 0.05) is 22.1 Å². The summed E-state index contributed by atoms with van der Waals surface area (Å²) in [6.45, 7) is 9.54. The fraction of sp³-hybridized carbons (Fsp3) is 0.429. The molecule has 0 saturated carbocycles. The van der Waals surface area contributed by atoms with Crippen LogP contribution in [-0.2, 0) is 19.3 Å². The van der Waals surface area contributed by atoms with Gasteiger partial charge in [0.05, 0.1) is 0 Å². The van der Waals surface area contributed by atoms with Gasteiger partial charge in [0.2, 0.25) is 5.43 Å². The second-order valence-corrected chi connectivity index (χ2v) is 7.34. The van der Waals surface area contributed by atoms with Crippen molar-refractivity contribution in [3.05, 3.63) is 60.6 Å². The summed E-state index contributed by atoms with van der Waals surface area (Å²) < 4.78 is 6.77. The van der Waals surface area contributed by atoms with Crippen LogP contribution in [0, 0.1) is 13.8 Å². The SMILES string of the molecule is CCCc1oc(C)c(C)c(=O)c1C(=O)Nc1c(CC)cc(Br)cc1CC. The van der Waals surface area contributed by atoms with Gasteiger partial charge in [-0.25, -0.2) is 0 Å². The van der Waals surface area contributed by atoms with E-state index < -0.39 is 5.91 Å². The summed E-state index contributed by atoms with van der Waals surface area (Å²) in [4.78, 5) is 25.8. The quantitative estimate of drug-likeness (QED) is 0.686. The highest BCUT2D eigenvalue weighted by atomic mass is 79.9. The summed E-state index contributed by atoms with van der Waals surface area (Å²) in [5.74, 6) is 0.644. The van der Waals surface area contributed by atoms with Crippen molar-refractivity contribution in [2.45, 2.75) is 60.3 Å². The minimum atomic E-state index is -0.392. The van der Waals surface area contributed by atoms with Crippen molar-refractivity contribution in [2.24, 2.45) is 0 Å². The molecule has 0 bridgehead atoms. The number of carbonyl (C=O) groups is 1. The molecular weight excluding hydrogens is 394 g/mol. The molecule has 140 valence electrons. The van der Waals surface area contributed by atoms with Crippen LogP contribution < -0.4 is 10.7 Å². The molecule has 2 rings (SSSR count). The monoisotopic (exact) mass is 419 g/mol. The third-order valence-corrected chi connectivity index (χ3v) is 5.08. The maximum atomic E-state index is 13.0. The molecule has 0 aliphatic rings. The lowest BCUT2D eigenvalue weighted by atomic mass is 10.0. The molecule has 0 atom stereocenters. The van der Waals surface area contributed by atoms with Crippen molar-refractivity contribution in [3.8, 4) is 0 Å². The predicted molar refractivity (Wildman–Crippen MR) is 109 cm³/mol. The molecule has 4 nitrogen and oxygen atoms in total. The number of anilines is 1. The van der Waals surface area contributed by atoms with Gasteiger partial charge in [-0.1, -0.05) is 36.7 Å². The fourth-order valence-electron chi connectivity index (χ4n) is 3.04. The minimum Gasteiger partial charge on any atom is -0.465 e. The maximum Gasteiger partial charge on any atom is 0.263 e. The van der Waals surface area contributed by atoms with E-state index in [2.05, 4.69) is 21.2 Å². The number of halogens is 1. The van der Waals surface area contributed by atoms with E-state index in [1.165, 1.54) is 0 Å². The summed E-state index contributed by atoms with van der Waals surface area (Å²) in [6.07, 6.45) is 2.92. The summed E-state index contributed by atoms with van der Waals surface area (Å²) in [6, 6.07) is 4.01. The molecule has 0 aliphatic carbocycles. The Kier molecular flexibility index (Phi) is 6.81. The molecule has 0 spiro atoms. The lowest BCUT2D eigenvalue weighted by Gasteiger charge is -2.16. The highest BCUT2D eigenvalue weighted by molar-refractivity contribution is 9.10.